The molecule has 0 saturated heterocycles. The van der Waals surface area contributed by atoms with Crippen LogP contribution in [0.15, 0.2) is 59.2 Å². The molecule has 1 heterocycles. The van der Waals surface area contributed by atoms with Crippen LogP contribution in [0, 0.1) is 6.92 Å². The largest absolute Gasteiger partial charge is 0.469 e. The third-order valence-corrected chi connectivity index (χ3v) is 3.60. The third kappa shape index (κ3) is 2.47. The van der Waals surface area contributed by atoms with Crippen LogP contribution in [0.4, 0.5) is 0 Å². The second-order valence-corrected chi connectivity index (χ2v) is 5.09. The van der Waals surface area contributed by atoms with E-state index in [9.17, 15) is 0 Å². The Morgan fingerprint density at radius 3 is 2.50 bits per heavy atom. The summed E-state index contributed by atoms with van der Waals surface area (Å²) in [5.41, 5.74) is 2.45. The molecule has 0 fully saturated rings. The standard InChI is InChI=1S/C18H19NO/c1-3-19-18(17-10-13(2)20-12-17)16-9-8-14-6-4-5-7-15(14)11-16/h4-12,18-19H,3H2,1-2H3. The topological polar surface area (TPSA) is 25.2 Å². The molecule has 102 valence electrons. The van der Waals surface area contributed by atoms with Crippen LogP contribution in [0.25, 0.3) is 10.8 Å². The Kier molecular flexibility index (Phi) is 3.57. The summed E-state index contributed by atoms with van der Waals surface area (Å²) in [6.45, 7) is 5.02. The molecule has 2 nitrogen and oxygen atoms in total. The van der Waals surface area contributed by atoms with E-state index in [1.54, 1.807) is 0 Å². The minimum Gasteiger partial charge on any atom is -0.469 e. The summed E-state index contributed by atoms with van der Waals surface area (Å²) in [5.74, 6) is 0.948. The molecule has 2 aromatic carbocycles. The van der Waals surface area contributed by atoms with E-state index in [0.29, 0.717) is 0 Å². The molecule has 1 unspecified atom stereocenters. The van der Waals surface area contributed by atoms with Crippen molar-refractivity contribution in [3.63, 3.8) is 0 Å². The van der Waals surface area contributed by atoms with Crippen LogP contribution in [-0.2, 0) is 0 Å². The van der Waals surface area contributed by atoms with Crippen LogP contribution in [0.1, 0.15) is 29.9 Å². The zero-order chi connectivity index (χ0) is 13.9. The van der Waals surface area contributed by atoms with Gasteiger partial charge in [-0.3, -0.25) is 0 Å². The maximum Gasteiger partial charge on any atom is 0.101 e. The van der Waals surface area contributed by atoms with Crippen LogP contribution < -0.4 is 5.32 Å². The molecule has 0 amide bonds. The van der Waals surface area contributed by atoms with Crippen LogP contribution in [0.3, 0.4) is 0 Å². The monoisotopic (exact) mass is 265 g/mol. The number of furan rings is 1. The Balaban J connectivity index is 2.04. The smallest absolute Gasteiger partial charge is 0.101 e. The van der Waals surface area contributed by atoms with Gasteiger partial charge in [-0.25, -0.2) is 0 Å². The van der Waals surface area contributed by atoms with E-state index in [2.05, 4.69) is 60.8 Å². The molecule has 0 bridgehead atoms. The molecule has 3 aromatic rings. The first-order valence-corrected chi connectivity index (χ1v) is 7.05. The van der Waals surface area contributed by atoms with Crippen molar-refractivity contribution in [2.24, 2.45) is 0 Å². The lowest BCUT2D eigenvalue weighted by molar-refractivity contribution is 0.525. The molecule has 3 rings (SSSR count). The van der Waals surface area contributed by atoms with Gasteiger partial charge in [0.25, 0.3) is 0 Å². The summed E-state index contributed by atoms with van der Waals surface area (Å²) < 4.78 is 5.46. The Labute approximate surface area is 119 Å². The van der Waals surface area contributed by atoms with Gasteiger partial charge < -0.3 is 9.73 Å². The molecule has 0 spiro atoms. The predicted octanol–water partition coefficient (Wildman–Crippen LogP) is 4.44. The lowest BCUT2D eigenvalue weighted by Gasteiger charge is -2.17. The Hall–Kier alpha value is -2.06. The van der Waals surface area contributed by atoms with E-state index in [1.807, 2.05) is 13.2 Å². The van der Waals surface area contributed by atoms with Gasteiger partial charge in [0.15, 0.2) is 0 Å². The first-order valence-electron chi connectivity index (χ1n) is 7.05. The quantitative estimate of drug-likeness (QED) is 0.754. The number of hydrogen-bond acceptors (Lipinski definition) is 2. The fourth-order valence-corrected chi connectivity index (χ4v) is 2.63. The van der Waals surface area contributed by atoms with Crippen molar-refractivity contribution in [1.82, 2.24) is 5.32 Å². The second kappa shape index (κ2) is 5.51. The van der Waals surface area contributed by atoms with Crippen molar-refractivity contribution < 1.29 is 4.42 Å². The highest BCUT2D eigenvalue weighted by Gasteiger charge is 2.15. The summed E-state index contributed by atoms with van der Waals surface area (Å²) >= 11 is 0. The van der Waals surface area contributed by atoms with Gasteiger partial charge >= 0.3 is 0 Å². The zero-order valence-corrected chi connectivity index (χ0v) is 11.9. The molecule has 0 radical (unpaired) electrons. The van der Waals surface area contributed by atoms with Gasteiger partial charge in [0, 0.05) is 5.56 Å². The number of hydrogen-bond donors (Lipinski definition) is 1. The minimum atomic E-state index is 0.182. The molecule has 0 aliphatic rings. The number of nitrogens with one attached hydrogen (secondary N) is 1. The van der Waals surface area contributed by atoms with Gasteiger partial charge in [-0.2, -0.15) is 0 Å². The van der Waals surface area contributed by atoms with Crippen molar-refractivity contribution in [3.8, 4) is 0 Å². The lowest BCUT2D eigenvalue weighted by atomic mass is 9.98. The van der Waals surface area contributed by atoms with Crippen LogP contribution in [0.2, 0.25) is 0 Å². The molecule has 2 heteroatoms. The highest BCUT2D eigenvalue weighted by Crippen LogP contribution is 2.26. The SMILES string of the molecule is CCNC(c1coc(C)c1)c1ccc2ccccc2c1. The van der Waals surface area contributed by atoms with E-state index >= 15 is 0 Å². The molecule has 0 saturated carbocycles. The van der Waals surface area contributed by atoms with Crippen LogP contribution in [-0.4, -0.2) is 6.54 Å². The molecule has 20 heavy (non-hydrogen) atoms. The summed E-state index contributed by atoms with van der Waals surface area (Å²) in [5, 5.41) is 6.08. The van der Waals surface area contributed by atoms with Crippen molar-refractivity contribution in [3.05, 3.63) is 71.7 Å². The molecule has 1 aromatic heterocycles. The van der Waals surface area contributed by atoms with Gasteiger partial charge in [0.05, 0.1) is 12.3 Å². The first kappa shape index (κ1) is 12.9. The van der Waals surface area contributed by atoms with E-state index in [-0.39, 0.29) is 6.04 Å². The molecule has 1 atom stereocenters. The fraction of sp³-hybridized carbons (Fsp3) is 0.222. The Morgan fingerprint density at radius 1 is 1.00 bits per heavy atom. The van der Waals surface area contributed by atoms with E-state index in [1.165, 1.54) is 21.9 Å². The fourth-order valence-electron chi connectivity index (χ4n) is 2.63. The predicted molar refractivity (Wildman–Crippen MR) is 82.9 cm³/mol. The normalized spacial score (nSPS) is 12.7. The number of rotatable bonds is 4. The van der Waals surface area contributed by atoms with Gasteiger partial charge in [0.1, 0.15) is 5.76 Å². The van der Waals surface area contributed by atoms with Gasteiger partial charge in [-0.1, -0.05) is 43.3 Å². The number of fused-ring (bicyclic) bond motifs is 1. The van der Waals surface area contributed by atoms with E-state index in [0.717, 1.165) is 12.3 Å². The lowest BCUT2D eigenvalue weighted by Crippen LogP contribution is -2.21. The summed E-state index contributed by atoms with van der Waals surface area (Å²) in [6.07, 6.45) is 1.85. The maximum atomic E-state index is 5.46. The van der Waals surface area contributed by atoms with Crippen molar-refractivity contribution >= 4 is 10.8 Å². The Bertz CT molecular complexity index is 714. The van der Waals surface area contributed by atoms with E-state index in [4.69, 9.17) is 4.42 Å². The van der Waals surface area contributed by atoms with Crippen molar-refractivity contribution in [2.75, 3.05) is 6.54 Å². The summed E-state index contributed by atoms with van der Waals surface area (Å²) in [6, 6.07) is 17.4. The average molecular weight is 265 g/mol. The maximum absolute atomic E-state index is 5.46. The van der Waals surface area contributed by atoms with Gasteiger partial charge in [-0.15, -0.1) is 0 Å². The second-order valence-electron chi connectivity index (χ2n) is 5.09. The van der Waals surface area contributed by atoms with Gasteiger partial charge in [0.2, 0.25) is 0 Å². The Morgan fingerprint density at radius 2 is 1.80 bits per heavy atom. The molecule has 0 aliphatic carbocycles. The third-order valence-electron chi connectivity index (χ3n) is 3.60. The number of aryl methyl sites for hydroxylation is 1. The summed E-state index contributed by atoms with van der Waals surface area (Å²) in [4.78, 5) is 0. The molecular formula is C18H19NO. The number of benzene rings is 2. The average Bonchev–Trinajstić information content (AvgIpc) is 2.90. The highest BCUT2D eigenvalue weighted by atomic mass is 16.3. The van der Waals surface area contributed by atoms with Gasteiger partial charge in [-0.05, 0) is 41.9 Å². The minimum absolute atomic E-state index is 0.182. The van der Waals surface area contributed by atoms with Crippen molar-refractivity contribution in [2.45, 2.75) is 19.9 Å². The molecule has 0 aliphatic heterocycles. The molecule has 1 N–H and O–H groups in total. The van der Waals surface area contributed by atoms with E-state index < -0.39 is 0 Å². The van der Waals surface area contributed by atoms with Crippen LogP contribution >= 0.6 is 0 Å². The zero-order valence-electron chi connectivity index (χ0n) is 11.9. The summed E-state index contributed by atoms with van der Waals surface area (Å²) in [7, 11) is 0. The van der Waals surface area contributed by atoms with Crippen molar-refractivity contribution in [1.29, 1.82) is 0 Å². The highest BCUT2D eigenvalue weighted by molar-refractivity contribution is 5.83. The first-order chi connectivity index (χ1) is 9.78. The molecular weight excluding hydrogens is 246 g/mol. The van der Waals surface area contributed by atoms with Crippen LogP contribution in [0.5, 0.6) is 0 Å².